The van der Waals surface area contributed by atoms with Crippen molar-refractivity contribution in [3.8, 4) is 0 Å². The lowest BCUT2D eigenvalue weighted by atomic mass is 10.1. The van der Waals surface area contributed by atoms with Crippen LogP contribution >= 0.6 is 11.3 Å². The summed E-state index contributed by atoms with van der Waals surface area (Å²) in [5.74, 6) is 1.73. The first-order chi connectivity index (χ1) is 9.86. The van der Waals surface area contributed by atoms with Crippen LogP contribution in [0.5, 0.6) is 0 Å². The zero-order valence-corrected chi connectivity index (χ0v) is 12.8. The largest absolute Gasteiger partial charge is 0.367 e. The molecule has 0 bridgehead atoms. The van der Waals surface area contributed by atoms with E-state index in [4.69, 9.17) is 0 Å². The molecule has 3 rings (SSSR count). The fourth-order valence-electron chi connectivity index (χ4n) is 2.82. The topological polar surface area (TPSA) is 49.8 Å². The zero-order chi connectivity index (χ0) is 13.8. The summed E-state index contributed by atoms with van der Waals surface area (Å²) in [7, 11) is 0. The van der Waals surface area contributed by atoms with Gasteiger partial charge in [-0.05, 0) is 31.2 Å². The molecule has 0 aliphatic heterocycles. The number of hydrogen-bond acceptors (Lipinski definition) is 5. The molecule has 0 aromatic carbocycles. The second kappa shape index (κ2) is 6.39. The van der Waals surface area contributed by atoms with E-state index < -0.39 is 0 Å². The third-order valence-corrected chi connectivity index (χ3v) is 4.66. The van der Waals surface area contributed by atoms with Gasteiger partial charge in [-0.3, -0.25) is 0 Å². The van der Waals surface area contributed by atoms with Gasteiger partial charge in [-0.15, -0.1) is 11.3 Å². The number of nitrogens with zero attached hydrogens (tertiary/aromatic N) is 2. The van der Waals surface area contributed by atoms with Crippen LogP contribution in [0.25, 0.3) is 10.2 Å². The van der Waals surface area contributed by atoms with Crippen LogP contribution in [-0.2, 0) is 0 Å². The van der Waals surface area contributed by atoms with Crippen LogP contribution in [0.2, 0.25) is 0 Å². The van der Waals surface area contributed by atoms with Crippen molar-refractivity contribution in [3.05, 3.63) is 11.4 Å². The van der Waals surface area contributed by atoms with Crippen molar-refractivity contribution in [3.63, 3.8) is 0 Å². The molecule has 0 amide bonds. The molecular weight excluding hydrogens is 268 g/mol. The standard InChI is InChI=1S/C15H22N4S/c1-2-16-15-18-13(12-9-10-20-14(12)19-15)17-11-7-5-3-4-6-8-11/h9-11H,2-8H2,1H3,(H2,16,17,18,19). The van der Waals surface area contributed by atoms with Gasteiger partial charge in [-0.25, -0.2) is 4.98 Å². The van der Waals surface area contributed by atoms with E-state index in [9.17, 15) is 0 Å². The number of rotatable bonds is 4. The number of nitrogens with one attached hydrogen (secondary N) is 2. The van der Waals surface area contributed by atoms with Crippen LogP contribution < -0.4 is 10.6 Å². The van der Waals surface area contributed by atoms with Gasteiger partial charge in [0.1, 0.15) is 10.6 Å². The smallest absolute Gasteiger partial charge is 0.226 e. The van der Waals surface area contributed by atoms with Crippen molar-refractivity contribution in [1.29, 1.82) is 0 Å². The molecule has 0 atom stereocenters. The van der Waals surface area contributed by atoms with Gasteiger partial charge in [0.2, 0.25) is 5.95 Å². The van der Waals surface area contributed by atoms with Crippen molar-refractivity contribution in [1.82, 2.24) is 9.97 Å². The van der Waals surface area contributed by atoms with Crippen LogP contribution in [0.15, 0.2) is 11.4 Å². The molecule has 1 aliphatic carbocycles. The zero-order valence-electron chi connectivity index (χ0n) is 12.0. The highest BCUT2D eigenvalue weighted by Gasteiger charge is 2.15. The van der Waals surface area contributed by atoms with Crippen LogP contribution in [0.4, 0.5) is 11.8 Å². The van der Waals surface area contributed by atoms with E-state index in [1.807, 2.05) is 0 Å². The maximum atomic E-state index is 4.66. The van der Waals surface area contributed by atoms with Crippen LogP contribution in [0.1, 0.15) is 45.4 Å². The highest BCUT2D eigenvalue weighted by Crippen LogP contribution is 2.29. The molecular formula is C15H22N4S. The minimum absolute atomic E-state index is 0.560. The summed E-state index contributed by atoms with van der Waals surface area (Å²) in [4.78, 5) is 10.3. The summed E-state index contributed by atoms with van der Waals surface area (Å²) < 4.78 is 0. The minimum Gasteiger partial charge on any atom is -0.367 e. The van der Waals surface area contributed by atoms with Gasteiger partial charge in [-0.1, -0.05) is 25.7 Å². The molecule has 1 saturated carbocycles. The van der Waals surface area contributed by atoms with Crippen molar-refractivity contribution in [2.45, 2.75) is 51.5 Å². The fourth-order valence-corrected chi connectivity index (χ4v) is 3.58. The molecule has 0 spiro atoms. The molecule has 1 fully saturated rings. The van der Waals surface area contributed by atoms with Gasteiger partial charge in [-0.2, -0.15) is 4.98 Å². The second-order valence-electron chi connectivity index (χ2n) is 5.40. The third kappa shape index (κ3) is 3.03. The van der Waals surface area contributed by atoms with E-state index in [0.717, 1.165) is 28.5 Å². The summed E-state index contributed by atoms with van der Waals surface area (Å²) in [5, 5.41) is 10.1. The Bertz CT molecular complexity index is 558. The molecule has 2 aromatic heterocycles. The van der Waals surface area contributed by atoms with Crippen molar-refractivity contribution >= 4 is 33.3 Å². The van der Waals surface area contributed by atoms with Gasteiger partial charge >= 0.3 is 0 Å². The third-order valence-electron chi connectivity index (χ3n) is 3.86. The molecule has 2 aromatic rings. The van der Waals surface area contributed by atoms with E-state index in [0.29, 0.717) is 6.04 Å². The van der Waals surface area contributed by atoms with E-state index in [1.54, 1.807) is 11.3 Å². The number of anilines is 2. The number of fused-ring (bicyclic) bond motifs is 1. The first kappa shape index (κ1) is 13.6. The lowest BCUT2D eigenvalue weighted by Gasteiger charge is -2.18. The summed E-state index contributed by atoms with van der Waals surface area (Å²) in [6.07, 6.45) is 7.92. The Hall–Kier alpha value is -1.36. The monoisotopic (exact) mass is 290 g/mol. The van der Waals surface area contributed by atoms with E-state index in [-0.39, 0.29) is 0 Å². The second-order valence-corrected chi connectivity index (χ2v) is 6.29. The summed E-state index contributed by atoms with van der Waals surface area (Å²) >= 11 is 1.68. The van der Waals surface area contributed by atoms with Crippen molar-refractivity contribution in [2.75, 3.05) is 17.2 Å². The molecule has 108 valence electrons. The highest BCUT2D eigenvalue weighted by atomic mass is 32.1. The van der Waals surface area contributed by atoms with Gasteiger partial charge in [0.25, 0.3) is 0 Å². The summed E-state index contributed by atoms with van der Waals surface area (Å²) in [6, 6.07) is 2.68. The Morgan fingerprint density at radius 2 is 2.00 bits per heavy atom. The summed E-state index contributed by atoms with van der Waals surface area (Å²) in [5.41, 5.74) is 0. The van der Waals surface area contributed by atoms with Crippen molar-refractivity contribution < 1.29 is 0 Å². The lowest BCUT2D eigenvalue weighted by molar-refractivity contribution is 0.618. The van der Waals surface area contributed by atoms with Gasteiger partial charge in [0, 0.05) is 12.6 Å². The minimum atomic E-state index is 0.560. The Labute approximate surface area is 124 Å². The molecule has 5 heteroatoms. The number of aromatic nitrogens is 2. The molecule has 0 radical (unpaired) electrons. The Morgan fingerprint density at radius 1 is 1.20 bits per heavy atom. The first-order valence-corrected chi connectivity index (χ1v) is 8.50. The maximum Gasteiger partial charge on any atom is 0.226 e. The molecule has 0 unspecified atom stereocenters. The Morgan fingerprint density at radius 3 is 2.75 bits per heavy atom. The molecule has 2 heterocycles. The number of thiophene rings is 1. The first-order valence-electron chi connectivity index (χ1n) is 7.62. The fraction of sp³-hybridized carbons (Fsp3) is 0.600. The Balaban J connectivity index is 1.86. The molecule has 1 aliphatic rings. The average molecular weight is 290 g/mol. The maximum absolute atomic E-state index is 4.66. The van der Waals surface area contributed by atoms with Crippen molar-refractivity contribution in [2.24, 2.45) is 0 Å². The van der Waals surface area contributed by atoms with Gasteiger partial charge in [0.15, 0.2) is 0 Å². The quantitative estimate of drug-likeness (QED) is 0.826. The SMILES string of the molecule is CCNc1nc(NC2CCCCCC2)c2ccsc2n1. The van der Waals surface area contributed by atoms with Crippen LogP contribution in [-0.4, -0.2) is 22.6 Å². The molecule has 0 saturated heterocycles. The Kier molecular flexibility index (Phi) is 4.35. The van der Waals surface area contributed by atoms with E-state index in [1.165, 1.54) is 38.5 Å². The van der Waals surface area contributed by atoms with Crippen LogP contribution in [0.3, 0.4) is 0 Å². The summed E-state index contributed by atoms with van der Waals surface area (Å²) in [6.45, 7) is 2.92. The van der Waals surface area contributed by atoms with Gasteiger partial charge in [0.05, 0.1) is 5.39 Å². The molecule has 20 heavy (non-hydrogen) atoms. The predicted octanol–water partition coefficient (Wildman–Crippen LogP) is 4.26. The highest BCUT2D eigenvalue weighted by molar-refractivity contribution is 7.16. The van der Waals surface area contributed by atoms with E-state index >= 15 is 0 Å². The molecule has 2 N–H and O–H groups in total. The van der Waals surface area contributed by atoms with Crippen LogP contribution in [0, 0.1) is 0 Å². The van der Waals surface area contributed by atoms with E-state index in [2.05, 4.69) is 39.0 Å². The lowest BCUT2D eigenvalue weighted by Crippen LogP contribution is -2.19. The normalized spacial score (nSPS) is 17.1. The number of hydrogen-bond donors (Lipinski definition) is 2. The predicted molar refractivity (Wildman–Crippen MR) is 86.7 cm³/mol. The molecule has 4 nitrogen and oxygen atoms in total. The van der Waals surface area contributed by atoms with Gasteiger partial charge < -0.3 is 10.6 Å². The average Bonchev–Trinajstić information content (AvgIpc) is 2.77.